The molecular formula is C9H18FNO. The van der Waals surface area contributed by atoms with Crippen LogP contribution in [0.1, 0.15) is 19.3 Å². The van der Waals surface area contributed by atoms with Gasteiger partial charge in [0, 0.05) is 19.8 Å². The van der Waals surface area contributed by atoms with Gasteiger partial charge in [0.2, 0.25) is 0 Å². The van der Waals surface area contributed by atoms with E-state index in [0.717, 1.165) is 26.1 Å². The van der Waals surface area contributed by atoms with Crippen molar-refractivity contribution in [1.82, 2.24) is 5.32 Å². The number of nitrogens with one attached hydrogen (secondary N) is 1. The molecule has 1 N–H and O–H groups in total. The molecule has 0 aliphatic carbocycles. The van der Waals surface area contributed by atoms with Gasteiger partial charge < -0.3 is 10.1 Å². The van der Waals surface area contributed by atoms with E-state index in [-0.39, 0.29) is 0 Å². The van der Waals surface area contributed by atoms with Gasteiger partial charge in [0.05, 0.1) is 0 Å². The van der Waals surface area contributed by atoms with Crippen molar-refractivity contribution in [3.63, 3.8) is 0 Å². The Bertz CT molecular complexity index is 115. The number of hydrogen-bond acceptors (Lipinski definition) is 2. The lowest BCUT2D eigenvalue weighted by atomic mass is 9.94. The first-order valence-electron chi connectivity index (χ1n) is 4.69. The topological polar surface area (TPSA) is 21.3 Å². The molecule has 0 saturated carbocycles. The Labute approximate surface area is 73.5 Å². The van der Waals surface area contributed by atoms with Crippen molar-refractivity contribution in [3.8, 4) is 0 Å². The van der Waals surface area contributed by atoms with Crippen LogP contribution in [-0.4, -0.2) is 33.0 Å². The second kappa shape index (κ2) is 5.49. The third-order valence-corrected chi connectivity index (χ3v) is 2.36. The minimum atomic E-state index is -0.682. The highest BCUT2D eigenvalue weighted by molar-refractivity contribution is 4.69. The highest BCUT2D eigenvalue weighted by Crippen LogP contribution is 2.20. The van der Waals surface area contributed by atoms with Crippen molar-refractivity contribution in [2.24, 2.45) is 5.92 Å². The second-order valence-electron chi connectivity index (χ2n) is 3.45. The summed E-state index contributed by atoms with van der Waals surface area (Å²) in [4.78, 5) is 0. The van der Waals surface area contributed by atoms with Crippen LogP contribution < -0.4 is 5.32 Å². The molecule has 1 unspecified atom stereocenters. The average Bonchev–Trinajstić information content (AvgIpc) is 2.06. The number of rotatable bonds is 4. The minimum Gasteiger partial charge on any atom is -0.381 e. The van der Waals surface area contributed by atoms with E-state index in [4.69, 9.17) is 4.74 Å². The van der Waals surface area contributed by atoms with Gasteiger partial charge in [-0.2, -0.15) is 0 Å². The third kappa shape index (κ3) is 3.50. The van der Waals surface area contributed by atoms with Crippen LogP contribution in [0.15, 0.2) is 0 Å². The molecule has 0 bridgehead atoms. The maximum absolute atomic E-state index is 13.1. The van der Waals surface area contributed by atoms with Crippen molar-refractivity contribution in [1.29, 1.82) is 0 Å². The summed E-state index contributed by atoms with van der Waals surface area (Å²) < 4.78 is 18.3. The van der Waals surface area contributed by atoms with Crippen molar-refractivity contribution in [2.45, 2.75) is 25.4 Å². The first-order valence-corrected chi connectivity index (χ1v) is 4.69. The Hall–Kier alpha value is -0.150. The molecule has 2 nitrogen and oxygen atoms in total. The van der Waals surface area contributed by atoms with Gasteiger partial charge in [0.15, 0.2) is 0 Å². The predicted molar refractivity (Wildman–Crippen MR) is 47.0 cm³/mol. The van der Waals surface area contributed by atoms with E-state index >= 15 is 0 Å². The monoisotopic (exact) mass is 175 g/mol. The van der Waals surface area contributed by atoms with Gasteiger partial charge in [-0.05, 0) is 32.2 Å². The number of hydrogen-bond donors (Lipinski definition) is 1. The van der Waals surface area contributed by atoms with Gasteiger partial charge in [0.1, 0.15) is 6.17 Å². The fourth-order valence-electron chi connectivity index (χ4n) is 1.65. The van der Waals surface area contributed by atoms with E-state index < -0.39 is 6.17 Å². The van der Waals surface area contributed by atoms with Gasteiger partial charge in [0.25, 0.3) is 0 Å². The summed E-state index contributed by atoms with van der Waals surface area (Å²) in [6, 6.07) is 0. The summed E-state index contributed by atoms with van der Waals surface area (Å²) in [6.45, 7) is 2.12. The highest BCUT2D eigenvalue weighted by atomic mass is 19.1. The Morgan fingerprint density at radius 1 is 1.50 bits per heavy atom. The predicted octanol–water partition coefficient (Wildman–Crippen LogP) is 1.36. The van der Waals surface area contributed by atoms with Crippen molar-refractivity contribution >= 4 is 0 Å². The van der Waals surface area contributed by atoms with Crippen LogP contribution in [0.2, 0.25) is 0 Å². The Balaban J connectivity index is 2.11. The smallest absolute Gasteiger partial charge is 0.113 e. The lowest BCUT2D eigenvalue weighted by molar-refractivity contribution is 0.0557. The highest BCUT2D eigenvalue weighted by Gasteiger charge is 2.18. The second-order valence-corrected chi connectivity index (χ2v) is 3.45. The number of ether oxygens (including phenoxy) is 1. The number of alkyl halides is 1. The van der Waals surface area contributed by atoms with Gasteiger partial charge in [-0.3, -0.25) is 0 Å². The molecule has 0 radical (unpaired) electrons. The largest absolute Gasteiger partial charge is 0.381 e. The summed E-state index contributed by atoms with van der Waals surface area (Å²) in [5.74, 6) is 0.544. The summed E-state index contributed by atoms with van der Waals surface area (Å²) in [7, 11) is 1.79. The van der Waals surface area contributed by atoms with Crippen molar-refractivity contribution in [2.75, 3.05) is 26.8 Å². The molecule has 0 spiro atoms. The molecule has 1 aliphatic rings. The molecule has 0 aromatic rings. The molecule has 1 rings (SSSR count). The van der Waals surface area contributed by atoms with Gasteiger partial charge in [-0.25, -0.2) is 4.39 Å². The molecule has 0 aromatic heterocycles. The number of halogens is 1. The maximum Gasteiger partial charge on any atom is 0.113 e. The lowest BCUT2D eigenvalue weighted by Gasteiger charge is -2.23. The Morgan fingerprint density at radius 2 is 2.17 bits per heavy atom. The van der Waals surface area contributed by atoms with Crippen LogP contribution in [0.5, 0.6) is 0 Å². The van der Waals surface area contributed by atoms with Crippen LogP contribution in [0.4, 0.5) is 4.39 Å². The Morgan fingerprint density at radius 3 is 2.75 bits per heavy atom. The fraction of sp³-hybridized carbons (Fsp3) is 1.00. The van der Waals surface area contributed by atoms with Gasteiger partial charge in [-0.15, -0.1) is 0 Å². The van der Waals surface area contributed by atoms with E-state index in [9.17, 15) is 4.39 Å². The van der Waals surface area contributed by atoms with Gasteiger partial charge in [-0.1, -0.05) is 0 Å². The summed E-state index contributed by atoms with van der Waals surface area (Å²) in [5.41, 5.74) is 0. The van der Waals surface area contributed by atoms with Crippen LogP contribution in [0.25, 0.3) is 0 Å². The van der Waals surface area contributed by atoms with Crippen molar-refractivity contribution in [3.05, 3.63) is 0 Å². The van der Waals surface area contributed by atoms with Gasteiger partial charge >= 0.3 is 0 Å². The van der Waals surface area contributed by atoms with E-state index in [1.54, 1.807) is 7.05 Å². The van der Waals surface area contributed by atoms with Crippen molar-refractivity contribution < 1.29 is 9.13 Å². The van der Waals surface area contributed by atoms with Crippen LogP contribution in [0, 0.1) is 5.92 Å². The SMILES string of the molecule is CNCC(F)CC1CCOCC1. The Kier molecular flexibility index (Phi) is 4.54. The molecule has 0 amide bonds. The zero-order valence-corrected chi connectivity index (χ0v) is 7.68. The molecule has 1 fully saturated rings. The summed E-state index contributed by atoms with van der Waals surface area (Å²) >= 11 is 0. The molecule has 1 saturated heterocycles. The summed E-state index contributed by atoms with van der Waals surface area (Å²) in [5, 5.41) is 2.85. The van der Waals surface area contributed by atoms with E-state index in [0.29, 0.717) is 18.9 Å². The molecule has 1 aliphatic heterocycles. The maximum atomic E-state index is 13.1. The lowest BCUT2D eigenvalue weighted by Crippen LogP contribution is -2.25. The molecule has 12 heavy (non-hydrogen) atoms. The fourth-order valence-corrected chi connectivity index (χ4v) is 1.65. The third-order valence-electron chi connectivity index (χ3n) is 2.36. The zero-order valence-electron chi connectivity index (χ0n) is 7.68. The molecule has 1 heterocycles. The zero-order chi connectivity index (χ0) is 8.81. The summed E-state index contributed by atoms with van der Waals surface area (Å²) in [6.07, 6.45) is 2.08. The van der Waals surface area contributed by atoms with Crippen LogP contribution in [-0.2, 0) is 4.74 Å². The first-order chi connectivity index (χ1) is 5.83. The molecule has 0 aromatic carbocycles. The minimum absolute atomic E-state index is 0.483. The van der Waals surface area contributed by atoms with E-state index in [2.05, 4.69) is 5.32 Å². The molecule has 72 valence electrons. The van der Waals surface area contributed by atoms with E-state index in [1.807, 2.05) is 0 Å². The quantitative estimate of drug-likeness (QED) is 0.696. The van der Waals surface area contributed by atoms with E-state index in [1.165, 1.54) is 0 Å². The van der Waals surface area contributed by atoms with Crippen LogP contribution in [0.3, 0.4) is 0 Å². The molecule has 1 atom stereocenters. The first kappa shape index (κ1) is 9.93. The average molecular weight is 175 g/mol. The standard InChI is InChI=1S/C9H18FNO/c1-11-7-9(10)6-8-2-4-12-5-3-8/h8-9,11H,2-7H2,1H3. The van der Waals surface area contributed by atoms with Crippen LogP contribution >= 0.6 is 0 Å². The normalized spacial score (nSPS) is 22.5. The molecular weight excluding hydrogens is 157 g/mol. The molecule has 3 heteroatoms.